The quantitative estimate of drug-likeness (QED) is 0.289. The maximum absolute atomic E-state index is 9.43. The Morgan fingerprint density at radius 1 is 1.40 bits per heavy atom. The molecule has 0 unspecified atom stereocenters. The summed E-state index contributed by atoms with van der Waals surface area (Å²) in [5.41, 5.74) is 4.50. The molecular formula is C4H12I2N2OPb. The van der Waals surface area contributed by atoms with Gasteiger partial charge in [-0.2, -0.15) is 0 Å². The van der Waals surface area contributed by atoms with Gasteiger partial charge in [-0.3, -0.25) is 4.79 Å². The molecule has 2 N–H and O–H groups in total. The van der Waals surface area contributed by atoms with E-state index in [0.29, 0.717) is 0 Å². The van der Waals surface area contributed by atoms with Gasteiger partial charge < -0.3 is 10.6 Å². The van der Waals surface area contributed by atoms with Gasteiger partial charge >= 0.3 is 51.2 Å². The minimum absolute atomic E-state index is 0.0233. The molecule has 0 aliphatic rings. The first-order valence-corrected chi connectivity index (χ1v) is 24.2. The van der Waals surface area contributed by atoms with E-state index >= 15 is 0 Å². The molecule has 0 atom stereocenters. The van der Waals surface area contributed by atoms with E-state index in [4.69, 9.17) is 0 Å². The van der Waals surface area contributed by atoms with Crippen LogP contribution in [0.4, 0.5) is 0 Å². The zero-order chi connectivity index (χ0) is 8.99. The molecule has 0 spiro atoms. The van der Waals surface area contributed by atoms with Crippen LogP contribution in [-0.2, 0) is 4.79 Å². The summed E-state index contributed by atoms with van der Waals surface area (Å²) in [5.74, 6) is 0. The Hall–Kier alpha value is 1.81. The predicted molar refractivity (Wildman–Crippen MR) is 63.7 cm³/mol. The van der Waals surface area contributed by atoms with Crippen molar-refractivity contribution in [2.45, 2.75) is 0 Å². The molecule has 0 saturated carbocycles. The van der Waals surface area contributed by atoms with Crippen LogP contribution in [0.5, 0.6) is 0 Å². The van der Waals surface area contributed by atoms with Crippen LogP contribution in [0, 0.1) is 0 Å². The maximum atomic E-state index is 9.43. The molecule has 0 heterocycles. The van der Waals surface area contributed by atoms with Gasteiger partial charge in [0.1, 0.15) is 0 Å². The number of halogens is 2. The molecule has 0 bridgehead atoms. The molecule has 6 heteroatoms. The van der Waals surface area contributed by atoms with Gasteiger partial charge in [-0.05, 0) is 7.05 Å². The summed E-state index contributed by atoms with van der Waals surface area (Å²) in [4.78, 5) is 10.9. The van der Waals surface area contributed by atoms with Crippen molar-refractivity contribution in [3.05, 3.63) is 0 Å². The number of carbonyl (C=O) groups excluding carboxylic acids is 1. The van der Waals surface area contributed by atoms with Crippen molar-refractivity contribution < 1.29 is 4.79 Å². The standard InChI is InChI=1S/C3H7NO.CH5N.2HI.Pb/c1-4(2)3-5;1-2;;;/h3H,1-2H3;2H2,1H3;2*1H;/q;;;;+2/p-2. The van der Waals surface area contributed by atoms with Gasteiger partial charge in [-0.25, -0.2) is 0 Å². The van der Waals surface area contributed by atoms with Crippen molar-refractivity contribution in [1.82, 2.24) is 4.90 Å². The number of rotatable bonds is 1. The Morgan fingerprint density at radius 3 is 1.50 bits per heavy atom. The number of hydrogen-bond acceptors (Lipinski definition) is 2. The number of nitrogens with zero attached hydrogens (tertiary/aromatic N) is 1. The fraction of sp³-hybridized carbons (Fsp3) is 0.750. The topological polar surface area (TPSA) is 46.3 Å². The summed E-state index contributed by atoms with van der Waals surface area (Å²) >= 11 is 4.96. The van der Waals surface area contributed by atoms with E-state index in [1.807, 2.05) is 0 Å². The third kappa shape index (κ3) is 52.4. The second-order valence-corrected chi connectivity index (χ2v) is 29.3. The average Bonchev–Trinajstić information content (AvgIpc) is 1.94. The van der Waals surface area contributed by atoms with Crippen LogP contribution in [0.2, 0.25) is 0 Å². The van der Waals surface area contributed by atoms with Crippen LogP contribution in [0.15, 0.2) is 0 Å². The third-order valence-electron chi connectivity index (χ3n) is 0.211. The molecule has 3 nitrogen and oxygen atoms in total. The Labute approximate surface area is 92.6 Å². The number of hydrogen-bond donors (Lipinski definition) is 1. The van der Waals surface area contributed by atoms with E-state index in [9.17, 15) is 4.79 Å². The molecular weight excluding hydrogens is 553 g/mol. The molecule has 0 aromatic carbocycles. The Balaban J connectivity index is -0.0000000847. The molecule has 10 heavy (non-hydrogen) atoms. The molecule has 0 aromatic rings. The minimum atomic E-state index is 0.0233. The molecule has 0 saturated heterocycles. The molecule has 0 aliphatic heterocycles. The Morgan fingerprint density at radius 2 is 1.50 bits per heavy atom. The number of nitrogens with two attached hydrogens (primary N) is 1. The van der Waals surface area contributed by atoms with Gasteiger partial charge in [0.2, 0.25) is 6.41 Å². The zero-order valence-corrected chi connectivity index (χ0v) is 14.5. The van der Waals surface area contributed by atoms with E-state index in [1.54, 1.807) is 14.1 Å². The van der Waals surface area contributed by atoms with Crippen LogP contribution in [0.25, 0.3) is 0 Å². The van der Waals surface area contributed by atoms with Crippen molar-refractivity contribution in [2.24, 2.45) is 5.73 Å². The van der Waals surface area contributed by atoms with Gasteiger partial charge in [0, 0.05) is 14.1 Å². The monoisotopic (exact) mass is 566 g/mol. The van der Waals surface area contributed by atoms with Crippen LogP contribution < -0.4 is 5.73 Å². The zero-order valence-electron chi connectivity index (χ0n) is 6.27. The summed E-state index contributed by atoms with van der Waals surface area (Å²) in [6.07, 6.45) is 0.750. The van der Waals surface area contributed by atoms with Crippen molar-refractivity contribution in [1.29, 1.82) is 0 Å². The SMILES string of the molecule is CN.CN(C)C=O.[I][Pb][I]. The first kappa shape index (κ1) is 17.8. The molecule has 62 valence electrons. The van der Waals surface area contributed by atoms with Gasteiger partial charge in [-0.1, -0.05) is 0 Å². The molecule has 0 aliphatic carbocycles. The molecule has 0 fully saturated rings. The summed E-state index contributed by atoms with van der Waals surface area (Å²) in [6.45, 7) is 0. The van der Waals surface area contributed by atoms with Crippen molar-refractivity contribution >= 4 is 57.6 Å². The van der Waals surface area contributed by atoms with E-state index < -0.39 is 0 Å². The van der Waals surface area contributed by atoms with E-state index in [0.717, 1.165) is 6.41 Å². The van der Waals surface area contributed by atoms with Crippen molar-refractivity contribution in [3.63, 3.8) is 0 Å². The van der Waals surface area contributed by atoms with Crippen molar-refractivity contribution in [3.8, 4) is 0 Å². The molecule has 0 rings (SSSR count). The Bertz CT molecular complexity index is 56.5. The molecule has 2 radical (unpaired) electrons. The second kappa shape index (κ2) is 22.4. The second-order valence-electron chi connectivity index (χ2n) is 1.14. The molecule has 0 aromatic heterocycles. The predicted octanol–water partition coefficient (Wildman–Crippen LogP) is 0.670. The van der Waals surface area contributed by atoms with Gasteiger partial charge in [0.05, 0.1) is 0 Å². The van der Waals surface area contributed by atoms with Crippen LogP contribution >= 0.6 is 35.5 Å². The van der Waals surface area contributed by atoms with Gasteiger partial charge in [0.15, 0.2) is 0 Å². The van der Waals surface area contributed by atoms with Gasteiger partial charge in [-0.15, -0.1) is 0 Å². The van der Waals surface area contributed by atoms with Gasteiger partial charge in [0.25, 0.3) is 0 Å². The number of carbonyl (C=O) groups is 1. The summed E-state index contributed by atoms with van der Waals surface area (Å²) in [7, 11) is 4.88. The summed E-state index contributed by atoms with van der Waals surface area (Å²) in [5, 5.41) is 0. The van der Waals surface area contributed by atoms with Crippen molar-refractivity contribution in [2.75, 3.05) is 21.1 Å². The van der Waals surface area contributed by atoms with E-state index in [2.05, 4.69) is 41.3 Å². The van der Waals surface area contributed by atoms with Crippen LogP contribution in [0.1, 0.15) is 0 Å². The van der Waals surface area contributed by atoms with E-state index in [1.165, 1.54) is 11.9 Å². The third-order valence-corrected chi connectivity index (χ3v) is 0.211. The van der Waals surface area contributed by atoms with Crippen LogP contribution in [0.3, 0.4) is 0 Å². The fourth-order valence-corrected chi connectivity index (χ4v) is 0. The summed E-state index contributed by atoms with van der Waals surface area (Å²) < 4.78 is 0. The number of amides is 1. The Kier molecular flexibility index (Phi) is 39.9. The summed E-state index contributed by atoms with van der Waals surface area (Å²) in [6, 6.07) is 0. The van der Waals surface area contributed by atoms with Crippen LogP contribution in [-0.4, -0.2) is 48.1 Å². The first-order chi connectivity index (χ1) is 4.68. The fourth-order valence-electron chi connectivity index (χ4n) is 0. The van der Waals surface area contributed by atoms with E-state index in [-0.39, 0.29) is 15.6 Å². The average molecular weight is 565 g/mol. The first-order valence-electron chi connectivity index (χ1n) is 2.34. The molecule has 1 amide bonds. The normalized spacial score (nSPS) is 5.80.